The summed E-state index contributed by atoms with van der Waals surface area (Å²) in [6.07, 6.45) is 2.24. The standard InChI is InChI=1S/C46H38Cl2P2S/c47-49(39-22-8-1-9-23-39,40-24-10-2-11-25-40,41-26-12-3-13-27-41)37-36-46(51-45-34-20-7-21-35-45)38-50(48,42-28-14-4-15-29-42,43-30-16-5-17-31-43)44-32-18-6-19-33-44/h1-38H. The van der Waals surface area contributed by atoms with Crippen LogP contribution in [0.15, 0.2) is 240 Å². The fourth-order valence-corrected chi connectivity index (χ4v) is 19.5. The van der Waals surface area contributed by atoms with Crippen molar-refractivity contribution < 1.29 is 0 Å². The molecule has 0 N–H and O–H groups in total. The number of benzene rings is 7. The number of hydrogen-bond acceptors (Lipinski definition) is 1. The number of hydrogen-bond donors (Lipinski definition) is 0. The molecule has 0 spiro atoms. The predicted octanol–water partition coefficient (Wildman–Crippen LogP) is 11.5. The first-order valence-corrected chi connectivity index (χ1v) is 24.1. The summed E-state index contributed by atoms with van der Waals surface area (Å²) in [6, 6.07) is 73.9. The Morgan fingerprint density at radius 2 is 0.608 bits per heavy atom. The van der Waals surface area contributed by atoms with Gasteiger partial charge in [-0.25, -0.2) is 0 Å². The molecule has 0 heterocycles. The molecule has 0 aromatic heterocycles. The van der Waals surface area contributed by atoms with Crippen LogP contribution < -0.4 is 31.8 Å². The Morgan fingerprint density at radius 1 is 0.353 bits per heavy atom. The van der Waals surface area contributed by atoms with Gasteiger partial charge in [-0.3, -0.25) is 0 Å². The number of halogens is 2. The molecule has 0 saturated carbocycles. The van der Waals surface area contributed by atoms with Crippen molar-refractivity contribution in [3.8, 4) is 0 Å². The normalized spacial score (nSPS) is 13.9. The third-order valence-corrected chi connectivity index (χ3v) is 24.1. The third-order valence-electron chi connectivity index (χ3n) is 9.43. The average molecular weight is 756 g/mol. The van der Waals surface area contributed by atoms with E-state index in [4.69, 9.17) is 22.5 Å². The maximum atomic E-state index is 8.66. The molecule has 0 unspecified atom stereocenters. The Bertz CT molecular complexity index is 2050. The first-order chi connectivity index (χ1) is 24.9. The molecule has 0 nitrogen and oxygen atoms in total. The van der Waals surface area contributed by atoms with Gasteiger partial charge in [0.05, 0.1) is 0 Å². The molecule has 5 heteroatoms. The zero-order chi connectivity index (χ0) is 35.1. The van der Waals surface area contributed by atoms with Crippen molar-refractivity contribution in [3.05, 3.63) is 235 Å². The van der Waals surface area contributed by atoms with Gasteiger partial charge in [-0.15, -0.1) is 0 Å². The molecule has 0 saturated heterocycles. The van der Waals surface area contributed by atoms with Crippen LogP contribution in [-0.2, 0) is 0 Å². The summed E-state index contributed by atoms with van der Waals surface area (Å²) in [5.41, 5.74) is 0. The van der Waals surface area contributed by atoms with Crippen LogP contribution in [0.25, 0.3) is 0 Å². The van der Waals surface area contributed by atoms with Gasteiger partial charge in [0.1, 0.15) is 0 Å². The van der Waals surface area contributed by atoms with E-state index in [-0.39, 0.29) is 0 Å². The molecule has 0 bridgehead atoms. The van der Waals surface area contributed by atoms with Crippen LogP contribution in [-0.4, -0.2) is 0 Å². The maximum absolute atomic E-state index is 8.66. The first-order valence-electron chi connectivity index (χ1n) is 16.9. The fourth-order valence-electron chi connectivity index (χ4n) is 6.87. The molecular weight excluding hydrogens is 717 g/mol. The summed E-state index contributed by atoms with van der Waals surface area (Å²) in [6.45, 7) is 0. The van der Waals surface area contributed by atoms with Gasteiger partial charge in [-0.2, -0.15) is 0 Å². The van der Waals surface area contributed by atoms with E-state index < -0.39 is 11.9 Å². The van der Waals surface area contributed by atoms with Gasteiger partial charge in [-0.05, 0) is 0 Å². The Hall–Kier alpha value is -4.19. The zero-order valence-corrected chi connectivity index (χ0v) is 32.1. The predicted molar refractivity (Wildman–Crippen MR) is 232 cm³/mol. The molecule has 252 valence electrons. The van der Waals surface area contributed by atoms with Gasteiger partial charge < -0.3 is 0 Å². The average Bonchev–Trinajstić information content (AvgIpc) is 3.22. The molecule has 0 fully saturated rings. The summed E-state index contributed by atoms with van der Waals surface area (Å²) in [5, 5.41) is 6.42. The molecule has 7 rings (SSSR count). The van der Waals surface area contributed by atoms with E-state index >= 15 is 0 Å². The van der Waals surface area contributed by atoms with E-state index in [0.717, 1.165) is 41.6 Å². The van der Waals surface area contributed by atoms with E-state index in [0.29, 0.717) is 0 Å². The molecular formula is C46H38Cl2P2S. The Labute approximate surface area is 316 Å². The molecule has 0 amide bonds. The van der Waals surface area contributed by atoms with Crippen LogP contribution in [0.4, 0.5) is 0 Å². The fraction of sp³-hybridized carbons (Fsp3) is 0. The molecule has 7 aromatic rings. The summed E-state index contributed by atoms with van der Waals surface area (Å²) in [5.74, 6) is -2.93. The topological polar surface area (TPSA) is 0 Å². The molecule has 0 radical (unpaired) electrons. The van der Waals surface area contributed by atoms with Crippen molar-refractivity contribution in [2.24, 2.45) is 0 Å². The van der Waals surface area contributed by atoms with E-state index in [1.54, 1.807) is 11.8 Å². The van der Waals surface area contributed by atoms with Gasteiger partial charge in [0, 0.05) is 0 Å². The van der Waals surface area contributed by atoms with E-state index in [2.05, 4.69) is 206 Å². The molecule has 51 heavy (non-hydrogen) atoms. The Balaban J connectivity index is 1.60. The zero-order valence-electron chi connectivity index (χ0n) is 28.0. The summed E-state index contributed by atoms with van der Waals surface area (Å²) < 4.78 is 0. The van der Waals surface area contributed by atoms with E-state index in [1.807, 2.05) is 24.3 Å². The molecule has 0 aliphatic rings. The number of allylic oxidation sites excluding steroid dienone is 1. The molecule has 0 atom stereocenters. The van der Waals surface area contributed by atoms with Crippen molar-refractivity contribution in [3.63, 3.8) is 0 Å². The van der Waals surface area contributed by atoms with Crippen molar-refractivity contribution in [2.45, 2.75) is 4.90 Å². The van der Waals surface area contributed by atoms with Gasteiger partial charge in [0.2, 0.25) is 0 Å². The van der Waals surface area contributed by atoms with Gasteiger partial charge in [-0.1, -0.05) is 0 Å². The molecule has 0 aliphatic heterocycles. The monoisotopic (exact) mass is 754 g/mol. The van der Waals surface area contributed by atoms with Crippen molar-refractivity contribution >= 4 is 78.0 Å². The van der Waals surface area contributed by atoms with Crippen LogP contribution in [0.3, 0.4) is 0 Å². The van der Waals surface area contributed by atoms with Crippen LogP contribution >= 0.6 is 46.2 Å². The van der Waals surface area contributed by atoms with Gasteiger partial charge >= 0.3 is 318 Å². The second-order valence-electron chi connectivity index (χ2n) is 12.4. The minimum atomic E-state index is -3.82. The van der Waals surface area contributed by atoms with Crippen molar-refractivity contribution in [1.29, 1.82) is 0 Å². The van der Waals surface area contributed by atoms with Crippen molar-refractivity contribution in [2.75, 3.05) is 0 Å². The second kappa shape index (κ2) is 14.8. The van der Waals surface area contributed by atoms with E-state index in [1.165, 1.54) is 0 Å². The van der Waals surface area contributed by atoms with E-state index in [9.17, 15) is 0 Å². The summed E-state index contributed by atoms with van der Waals surface area (Å²) in [4.78, 5) is 2.11. The van der Waals surface area contributed by atoms with Crippen LogP contribution in [0.1, 0.15) is 0 Å². The minimum absolute atomic E-state index is 1.00. The van der Waals surface area contributed by atoms with Crippen LogP contribution in [0, 0.1) is 0 Å². The quantitative estimate of drug-likeness (QED) is 0.0720. The number of rotatable bonds is 11. The molecule has 0 aliphatic carbocycles. The van der Waals surface area contributed by atoms with Crippen LogP contribution in [0.2, 0.25) is 0 Å². The Morgan fingerprint density at radius 3 is 0.902 bits per heavy atom. The SMILES string of the molecule is ClP(C=CC(=CP(Cl)(c1ccccc1)(c1ccccc1)c1ccccc1)Sc1ccccc1)(c1ccccc1)(c1ccccc1)c1ccccc1. The van der Waals surface area contributed by atoms with Crippen molar-refractivity contribution in [1.82, 2.24) is 0 Å². The Kier molecular flexibility index (Phi) is 10.2. The summed E-state index contributed by atoms with van der Waals surface area (Å²) in [7, 11) is 0. The second-order valence-corrected chi connectivity index (χ2v) is 25.7. The van der Waals surface area contributed by atoms with Gasteiger partial charge in [0.25, 0.3) is 0 Å². The molecule has 7 aromatic carbocycles. The number of thioether (sulfide) groups is 1. The first kappa shape index (κ1) is 35.2. The van der Waals surface area contributed by atoms with Crippen LogP contribution in [0.5, 0.6) is 0 Å². The summed E-state index contributed by atoms with van der Waals surface area (Å²) >= 11 is 18.9. The third kappa shape index (κ3) is 6.44. The van der Waals surface area contributed by atoms with Gasteiger partial charge in [0.15, 0.2) is 0 Å².